The first-order chi connectivity index (χ1) is 8.78. The molecular formula is C14H26N4. The quantitative estimate of drug-likeness (QED) is 0.802. The first-order valence-corrected chi connectivity index (χ1v) is 7.28. The molecule has 1 aliphatic carbocycles. The van der Waals surface area contributed by atoms with Crippen molar-refractivity contribution < 1.29 is 0 Å². The summed E-state index contributed by atoms with van der Waals surface area (Å²) in [6, 6.07) is 3.00. The van der Waals surface area contributed by atoms with Crippen molar-refractivity contribution in [2.45, 2.75) is 58.7 Å². The third-order valence-corrected chi connectivity index (χ3v) is 3.95. The minimum Gasteiger partial charge on any atom is -0.329 e. The van der Waals surface area contributed by atoms with Crippen LogP contribution in [-0.2, 0) is 19.5 Å². The zero-order valence-corrected chi connectivity index (χ0v) is 11.7. The van der Waals surface area contributed by atoms with Crippen molar-refractivity contribution in [3.8, 4) is 0 Å². The fourth-order valence-corrected chi connectivity index (χ4v) is 2.61. The Hall–Kier alpha value is -0.870. The van der Waals surface area contributed by atoms with Crippen molar-refractivity contribution in [1.29, 1.82) is 0 Å². The van der Waals surface area contributed by atoms with Crippen molar-refractivity contribution in [2.24, 2.45) is 5.73 Å². The van der Waals surface area contributed by atoms with E-state index in [1.54, 1.807) is 0 Å². The molecule has 4 heteroatoms. The largest absolute Gasteiger partial charge is 0.329 e. The molecule has 102 valence electrons. The predicted octanol–water partition coefficient (Wildman–Crippen LogP) is 1.78. The summed E-state index contributed by atoms with van der Waals surface area (Å²) in [6.07, 6.45) is 5.06. The molecule has 1 aromatic heterocycles. The second-order valence-corrected chi connectivity index (χ2v) is 5.14. The van der Waals surface area contributed by atoms with Gasteiger partial charge in [0.05, 0.1) is 11.4 Å². The lowest BCUT2D eigenvalue weighted by Crippen LogP contribution is -2.42. The topological polar surface area (TPSA) is 47.1 Å². The SMILES string of the molecule is CCc1cc(CN(CCN)C2CCC2)n(CC)n1. The molecule has 18 heavy (non-hydrogen) atoms. The number of nitrogens with two attached hydrogens (primary N) is 1. The standard InChI is InChI=1S/C14H26N4/c1-3-12-10-14(18(4-2)16-12)11-17(9-8-15)13-6-5-7-13/h10,13H,3-9,11,15H2,1-2H3. The van der Waals surface area contributed by atoms with Gasteiger partial charge in [0.25, 0.3) is 0 Å². The summed E-state index contributed by atoms with van der Waals surface area (Å²) in [6.45, 7) is 8.03. The Morgan fingerprint density at radius 2 is 2.22 bits per heavy atom. The second-order valence-electron chi connectivity index (χ2n) is 5.14. The summed E-state index contributed by atoms with van der Waals surface area (Å²) in [5.74, 6) is 0. The van der Waals surface area contributed by atoms with E-state index in [1.807, 2.05) is 0 Å². The van der Waals surface area contributed by atoms with Crippen LogP contribution in [0.4, 0.5) is 0 Å². The third-order valence-electron chi connectivity index (χ3n) is 3.95. The maximum Gasteiger partial charge on any atom is 0.0625 e. The van der Waals surface area contributed by atoms with Crippen LogP contribution in [0.3, 0.4) is 0 Å². The Labute approximate surface area is 110 Å². The molecule has 0 aliphatic heterocycles. The van der Waals surface area contributed by atoms with Gasteiger partial charge in [-0.3, -0.25) is 9.58 Å². The first kappa shape index (κ1) is 13.6. The molecule has 0 atom stereocenters. The number of nitrogens with zero attached hydrogens (tertiary/aromatic N) is 3. The van der Waals surface area contributed by atoms with E-state index < -0.39 is 0 Å². The molecule has 1 aromatic rings. The zero-order valence-electron chi connectivity index (χ0n) is 11.7. The van der Waals surface area contributed by atoms with Gasteiger partial charge in [-0.25, -0.2) is 0 Å². The highest BCUT2D eigenvalue weighted by Gasteiger charge is 2.25. The number of hydrogen-bond donors (Lipinski definition) is 1. The van der Waals surface area contributed by atoms with Crippen LogP contribution in [0.5, 0.6) is 0 Å². The van der Waals surface area contributed by atoms with Gasteiger partial charge < -0.3 is 5.73 Å². The van der Waals surface area contributed by atoms with Crippen LogP contribution in [0.2, 0.25) is 0 Å². The number of aryl methyl sites for hydroxylation is 2. The average molecular weight is 250 g/mol. The van der Waals surface area contributed by atoms with Crippen molar-refractivity contribution in [1.82, 2.24) is 14.7 Å². The molecule has 1 heterocycles. The smallest absolute Gasteiger partial charge is 0.0625 e. The number of hydrogen-bond acceptors (Lipinski definition) is 3. The summed E-state index contributed by atoms with van der Waals surface area (Å²) in [5, 5.41) is 4.62. The van der Waals surface area contributed by atoms with Crippen molar-refractivity contribution in [3.63, 3.8) is 0 Å². The van der Waals surface area contributed by atoms with Crippen LogP contribution in [-0.4, -0.2) is 33.8 Å². The Bertz CT molecular complexity index is 368. The number of aromatic nitrogens is 2. The van der Waals surface area contributed by atoms with Crippen molar-refractivity contribution in [3.05, 3.63) is 17.5 Å². The van der Waals surface area contributed by atoms with E-state index in [2.05, 4.69) is 34.6 Å². The van der Waals surface area contributed by atoms with Crippen LogP contribution < -0.4 is 5.73 Å². The molecule has 1 saturated carbocycles. The monoisotopic (exact) mass is 250 g/mol. The lowest BCUT2D eigenvalue weighted by atomic mass is 9.91. The normalized spacial score (nSPS) is 16.2. The van der Waals surface area contributed by atoms with Crippen LogP contribution >= 0.6 is 0 Å². The summed E-state index contributed by atoms with van der Waals surface area (Å²) in [7, 11) is 0. The Kier molecular flexibility index (Phi) is 4.78. The average Bonchev–Trinajstić information content (AvgIpc) is 2.69. The molecule has 0 spiro atoms. The molecule has 0 radical (unpaired) electrons. The summed E-state index contributed by atoms with van der Waals surface area (Å²) in [5.41, 5.74) is 8.28. The highest BCUT2D eigenvalue weighted by molar-refractivity contribution is 5.11. The fraction of sp³-hybridized carbons (Fsp3) is 0.786. The van der Waals surface area contributed by atoms with Gasteiger partial charge in [-0.15, -0.1) is 0 Å². The van der Waals surface area contributed by atoms with Crippen LogP contribution in [0, 0.1) is 0 Å². The molecule has 1 aliphatic rings. The maximum absolute atomic E-state index is 5.74. The van der Waals surface area contributed by atoms with Gasteiger partial charge in [0.1, 0.15) is 0 Å². The molecular weight excluding hydrogens is 224 g/mol. The van der Waals surface area contributed by atoms with Crippen molar-refractivity contribution >= 4 is 0 Å². The third kappa shape index (κ3) is 2.93. The Morgan fingerprint density at radius 1 is 1.44 bits per heavy atom. The first-order valence-electron chi connectivity index (χ1n) is 7.28. The molecule has 4 nitrogen and oxygen atoms in total. The lowest BCUT2D eigenvalue weighted by molar-refractivity contribution is 0.120. The van der Waals surface area contributed by atoms with E-state index in [4.69, 9.17) is 5.73 Å². The summed E-state index contributed by atoms with van der Waals surface area (Å²) < 4.78 is 2.14. The number of rotatable bonds is 7. The Morgan fingerprint density at radius 3 is 2.72 bits per heavy atom. The van der Waals surface area contributed by atoms with Gasteiger partial charge in [0.2, 0.25) is 0 Å². The molecule has 2 N–H and O–H groups in total. The van der Waals surface area contributed by atoms with Crippen LogP contribution in [0.1, 0.15) is 44.5 Å². The maximum atomic E-state index is 5.74. The summed E-state index contributed by atoms with van der Waals surface area (Å²) >= 11 is 0. The molecule has 0 unspecified atom stereocenters. The van der Waals surface area contributed by atoms with Gasteiger partial charge in [0.15, 0.2) is 0 Å². The molecule has 0 amide bonds. The fourth-order valence-electron chi connectivity index (χ4n) is 2.61. The zero-order chi connectivity index (χ0) is 13.0. The molecule has 2 rings (SSSR count). The minimum atomic E-state index is 0.747. The highest BCUT2D eigenvalue weighted by atomic mass is 15.3. The van der Waals surface area contributed by atoms with E-state index in [1.165, 1.54) is 30.7 Å². The van der Waals surface area contributed by atoms with E-state index >= 15 is 0 Å². The minimum absolute atomic E-state index is 0.747. The van der Waals surface area contributed by atoms with E-state index in [-0.39, 0.29) is 0 Å². The summed E-state index contributed by atoms with van der Waals surface area (Å²) in [4.78, 5) is 2.53. The van der Waals surface area contributed by atoms with Crippen LogP contribution in [0.15, 0.2) is 6.07 Å². The van der Waals surface area contributed by atoms with Crippen LogP contribution in [0.25, 0.3) is 0 Å². The van der Waals surface area contributed by atoms with E-state index in [9.17, 15) is 0 Å². The predicted molar refractivity (Wildman–Crippen MR) is 74.4 cm³/mol. The van der Waals surface area contributed by atoms with Gasteiger partial charge in [-0.05, 0) is 32.3 Å². The molecule has 0 aromatic carbocycles. The molecule has 1 fully saturated rings. The molecule has 0 saturated heterocycles. The van der Waals surface area contributed by atoms with Gasteiger partial charge in [-0.1, -0.05) is 13.3 Å². The highest BCUT2D eigenvalue weighted by Crippen LogP contribution is 2.26. The lowest BCUT2D eigenvalue weighted by Gasteiger charge is -2.37. The van der Waals surface area contributed by atoms with E-state index in [0.29, 0.717) is 0 Å². The second kappa shape index (κ2) is 6.34. The Balaban J connectivity index is 2.06. The van der Waals surface area contributed by atoms with E-state index in [0.717, 1.165) is 38.6 Å². The van der Waals surface area contributed by atoms with Gasteiger partial charge in [-0.2, -0.15) is 5.10 Å². The molecule has 0 bridgehead atoms. The van der Waals surface area contributed by atoms with Gasteiger partial charge in [0, 0.05) is 32.2 Å². The van der Waals surface area contributed by atoms with Crippen molar-refractivity contribution in [2.75, 3.05) is 13.1 Å². The van der Waals surface area contributed by atoms with Gasteiger partial charge >= 0.3 is 0 Å².